The molecule has 0 aliphatic heterocycles. The van der Waals surface area contributed by atoms with Crippen LogP contribution in [0.25, 0.3) is 10.9 Å². The molecule has 0 fully saturated rings. The number of hydrogen-bond acceptors (Lipinski definition) is 5. The zero-order valence-corrected chi connectivity index (χ0v) is 17.8. The molecule has 0 radical (unpaired) electrons. The third kappa shape index (κ3) is 7.21. The van der Waals surface area contributed by atoms with E-state index in [0.29, 0.717) is 19.8 Å². The van der Waals surface area contributed by atoms with Crippen LogP contribution < -0.4 is 4.57 Å². The lowest BCUT2D eigenvalue weighted by atomic mass is 10.1. The van der Waals surface area contributed by atoms with Gasteiger partial charge in [0.1, 0.15) is 16.7 Å². The van der Waals surface area contributed by atoms with Crippen LogP contribution in [-0.2, 0) is 26.1 Å². The molecule has 0 saturated carbocycles. The molecule has 1 heterocycles. The zero-order chi connectivity index (χ0) is 21.3. The van der Waals surface area contributed by atoms with Crippen LogP contribution in [0.15, 0.2) is 65.7 Å². The summed E-state index contributed by atoms with van der Waals surface area (Å²) in [5.74, 6) is 0. The van der Waals surface area contributed by atoms with Crippen molar-refractivity contribution in [2.45, 2.75) is 25.3 Å². The van der Waals surface area contributed by atoms with Gasteiger partial charge in [0.2, 0.25) is 5.52 Å². The minimum absolute atomic E-state index is 0.178. The van der Waals surface area contributed by atoms with E-state index in [4.69, 9.17) is 9.47 Å². The van der Waals surface area contributed by atoms with Crippen molar-refractivity contribution in [2.24, 2.45) is 0 Å². The first-order valence-electron chi connectivity index (χ1n) is 9.30. The van der Waals surface area contributed by atoms with E-state index in [9.17, 15) is 13.0 Å². The molecule has 3 rings (SSSR count). The van der Waals surface area contributed by atoms with Crippen LogP contribution in [0, 0.1) is 13.8 Å². The highest BCUT2D eigenvalue weighted by Crippen LogP contribution is 2.13. The predicted molar refractivity (Wildman–Crippen MR) is 111 cm³/mol. The molecule has 0 N–H and O–H groups in total. The SMILES string of the molecule is COCCOCC[n+]1ccc(C)c2ccccc21.Cc1ccc(S(=O)(=O)[O-])cc1. The molecule has 0 amide bonds. The number of aromatic nitrogens is 1. The van der Waals surface area contributed by atoms with Gasteiger partial charge in [-0.2, -0.15) is 4.57 Å². The van der Waals surface area contributed by atoms with Crippen LogP contribution in [0.5, 0.6) is 0 Å². The average molecular weight is 418 g/mol. The summed E-state index contributed by atoms with van der Waals surface area (Å²) in [7, 11) is -2.58. The molecule has 0 bridgehead atoms. The summed E-state index contributed by atoms with van der Waals surface area (Å²) in [6.45, 7) is 6.84. The Bertz CT molecular complexity index is 1020. The second-order valence-corrected chi connectivity index (χ2v) is 7.96. The first-order chi connectivity index (χ1) is 13.8. The van der Waals surface area contributed by atoms with Gasteiger partial charge in [-0.15, -0.1) is 0 Å². The smallest absolute Gasteiger partial charge is 0.212 e. The highest BCUT2D eigenvalue weighted by molar-refractivity contribution is 7.85. The number of methoxy groups -OCH3 is 1. The Balaban J connectivity index is 0.000000234. The van der Waals surface area contributed by atoms with Gasteiger partial charge in [-0.05, 0) is 37.6 Å². The van der Waals surface area contributed by atoms with Crippen molar-refractivity contribution in [3.63, 3.8) is 0 Å². The van der Waals surface area contributed by atoms with Gasteiger partial charge < -0.3 is 14.0 Å². The van der Waals surface area contributed by atoms with Crippen molar-refractivity contribution in [3.8, 4) is 0 Å². The molecule has 156 valence electrons. The lowest BCUT2D eigenvalue weighted by Crippen LogP contribution is -2.36. The van der Waals surface area contributed by atoms with E-state index in [2.05, 4.69) is 48.0 Å². The van der Waals surface area contributed by atoms with E-state index >= 15 is 0 Å². The fourth-order valence-electron chi connectivity index (χ4n) is 2.74. The number of rotatable bonds is 7. The maximum absolute atomic E-state index is 10.4. The van der Waals surface area contributed by atoms with Crippen LogP contribution in [-0.4, -0.2) is 39.9 Å². The van der Waals surface area contributed by atoms with Crippen molar-refractivity contribution < 1.29 is 27.0 Å². The van der Waals surface area contributed by atoms with Gasteiger partial charge >= 0.3 is 0 Å². The van der Waals surface area contributed by atoms with E-state index in [1.165, 1.54) is 28.6 Å². The monoisotopic (exact) mass is 417 g/mol. The van der Waals surface area contributed by atoms with Crippen LogP contribution in [0.2, 0.25) is 0 Å². The second-order valence-electron chi connectivity index (χ2n) is 6.58. The molecule has 1 aromatic heterocycles. The van der Waals surface area contributed by atoms with E-state index < -0.39 is 10.1 Å². The normalized spacial score (nSPS) is 11.2. The summed E-state index contributed by atoms with van der Waals surface area (Å²) >= 11 is 0. The number of fused-ring (bicyclic) bond motifs is 1. The number of pyridine rings is 1. The molecule has 0 aliphatic rings. The molecule has 3 aromatic rings. The van der Waals surface area contributed by atoms with Crippen molar-refractivity contribution in [1.29, 1.82) is 0 Å². The largest absolute Gasteiger partial charge is 0.744 e. The molecule has 0 atom stereocenters. The minimum atomic E-state index is -4.27. The van der Waals surface area contributed by atoms with Gasteiger partial charge in [-0.1, -0.05) is 29.8 Å². The number of nitrogens with zero attached hydrogens (tertiary/aromatic N) is 1. The van der Waals surface area contributed by atoms with Crippen molar-refractivity contribution in [2.75, 3.05) is 26.9 Å². The molecule has 29 heavy (non-hydrogen) atoms. The summed E-state index contributed by atoms with van der Waals surface area (Å²) in [4.78, 5) is -0.178. The minimum Gasteiger partial charge on any atom is -0.744 e. The van der Waals surface area contributed by atoms with E-state index in [1.807, 2.05) is 6.92 Å². The van der Waals surface area contributed by atoms with Crippen LogP contribution >= 0.6 is 0 Å². The second kappa shape index (κ2) is 11.0. The molecule has 0 aliphatic carbocycles. The number of aryl methyl sites for hydroxylation is 2. The molecule has 0 spiro atoms. The molecule has 6 nitrogen and oxygen atoms in total. The Morgan fingerprint density at radius 3 is 2.28 bits per heavy atom. The molecule has 0 saturated heterocycles. The Hall–Kier alpha value is -2.32. The van der Waals surface area contributed by atoms with Crippen LogP contribution in [0.3, 0.4) is 0 Å². The van der Waals surface area contributed by atoms with Crippen molar-refractivity contribution in [3.05, 3.63) is 71.9 Å². The summed E-state index contributed by atoms with van der Waals surface area (Å²) in [5, 5.41) is 1.30. The maximum Gasteiger partial charge on any atom is 0.212 e. The highest BCUT2D eigenvalue weighted by Gasteiger charge is 2.09. The van der Waals surface area contributed by atoms with Gasteiger partial charge in [0.15, 0.2) is 12.7 Å². The van der Waals surface area contributed by atoms with Gasteiger partial charge in [0.05, 0.1) is 18.1 Å². The van der Waals surface area contributed by atoms with Gasteiger partial charge in [-0.3, -0.25) is 0 Å². The topological polar surface area (TPSA) is 79.5 Å². The quantitative estimate of drug-likeness (QED) is 0.335. The Kier molecular flexibility index (Phi) is 8.72. The molecule has 0 unspecified atom stereocenters. The molecule has 2 aromatic carbocycles. The molecular weight excluding hydrogens is 390 g/mol. The summed E-state index contributed by atoms with van der Waals surface area (Å²) < 4.78 is 43.9. The average Bonchev–Trinajstić information content (AvgIpc) is 2.70. The lowest BCUT2D eigenvalue weighted by molar-refractivity contribution is -0.673. The summed E-state index contributed by atoms with van der Waals surface area (Å²) in [6.07, 6.45) is 2.12. The van der Waals surface area contributed by atoms with Gasteiger partial charge in [0, 0.05) is 24.6 Å². The fourth-order valence-corrected chi connectivity index (χ4v) is 3.21. The van der Waals surface area contributed by atoms with E-state index in [0.717, 1.165) is 12.1 Å². The Morgan fingerprint density at radius 1 is 0.931 bits per heavy atom. The third-order valence-electron chi connectivity index (χ3n) is 4.36. The van der Waals surface area contributed by atoms with Crippen molar-refractivity contribution >= 4 is 21.0 Å². The highest BCUT2D eigenvalue weighted by atomic mass is 32.2. The summed E-state index contributed by atoms with van der Waals surface area (Å²) in [6, 6.07) is 16.4. The fraction of sp³-hybridized carbons (Fsp3) is 0.318. The number of hydrogen-bond donors (Lipinski definition) is 0. The lowest BCUT2D eigenvalue weighted by Gasteiger charge is -2.05. The molecular formula is C22H27NO5S. The van der Waals surface area contributed by atoms with Gasteiger partial charge in [0.25, 0.3) is 0 Å². The first-order valence-corrected chi connectivity index (χ1v) is 10.7. The summed E-state index contributed by atoms with van der Waals surface area (Å²) in [5.41, 5.74) is 3.49. The predicted octanol–water partition coefficient (Wildman–Crippen LogP) is 3.00. The van der Waals surface area contributed by atoms with E-state index in [-0.39, 0.29) is 4.90 Å². The Labute approximate surface area is 172 Å². The van der Waals surface area contributed by atoms with Crippen LogP contribution in [0.1, 0.15) is 11.1 Å². The molecule has 7 heteroatoms. The zero-order valence-electron chi connectivity index (χ0n) is 17.0. The van der Waals surface area contributed by atoms with Gasteiger partial charge in [-0.25, -0.2) is 8.42 Å². The first kappa shape index (κ1) is 23.0. The number of para-hydroxylation sites is 1. The standard InChI is InChI=1S/C15H20NO2.C7H8O3S/c1-13-7-8-16(9-10-18-12-11-17-2)15-6-4-3-5-14(13)15;1-6-2-4-7(5-3-6)11(8,9)10/h3-8H,9-12H2,1-2H3;2-5H,1H3,(H,8,9,10)/q+1;/p-1. The Morgan fingerprint density at radius 2 is 1.62 bits per heavy atom. The number of ether oxygens (including phenoxy) is 2. The van der Waals surface area contributed by atoms with E-state index in [1.54, 1.807) is 19.2 Å². The van der Waals surface area contributed by atoms with Crippen LogP contribution in [0.4, 0.5) is 0 Å². The van der Waals surface area contributed by atoms with Crippen molar-refractivity contribution in [1.82, 2.24) is 0 Å². The third-order valence-corrected chi connectivity index (χ3v) is 5.21. The number of benzene rings is 2. The maximum atomic E-state index is 10.4.